The third kappa shape index (κ3) is 4.72. The summed E-state index contributed by atoms with van der Waals surface area (Å²) >= 11 is 12.0. The van der Waals surface area contributed by atoms with E-state index in [-0.39, 0.29) is 24.1 Å². The molecule has 0 bridgehead atoms. The molecule has 1 aromatic rings. The van der Waals surface area contributed by atoms with E-state index in [2.05, 4.69) is 5.32 Å². The van der Waals surface area contributed by atoms with Crippen molar-refractivity contribution in [3.05, 3.63) is 35.1 Å². The zero-order chi connectivity index (χ0) is 17.1. The monoisotopic (exact) mass is 362 g/mol. The molecule has 0 spiro atoms. The molecule has 1 fully saturated rings. The summed E-state index contributed by atoms with van der Waals surface area (Å²) in [7, 11) is 0. The number of ether oxygens (including phenoxy) is 1. The van der Waals surface area contributed by atoms with Crippen molar-refractivity contribution >= 4 is 29.2 Å². The van der Waals surface area contributed by atoms with E-state index in [1.54, 1.807) is 24.0 Å². The molecule has 1 aliphatic heterocycles. The van der Waals surface area contributed by atoms with E-state index < -0.39 is 10.9 Å². The molecule has 0 saturated carbocycles. The third-order valence-electron chi connectivity index (χ3n) is 3.79. The second-order valence-electron chi connectivity index (χ2n) is 5.93. The predicted octanol–water partition coefficient (Wildman–Crippen LogP) is 3.80. The number of morpholine rings is 1. The van der Waals surface area contributed by atoms with Gasteiger partial charge in [-0.25, -0.2) is 9.18 Å². The topological polar surface area (TPSA) is 41.6 Å². The van der Waals surface area contributed by atoms with Crippen LogP contribution in [0.5, 0.6) is 0 Å². The molecule has 1 heterocycles. The van der Waals surface area contributed by atoms with Crippen LogP contribution in [-0.4, -0.2) is 41.1 Å². The van der Waals surface area contributed by atoms with E-state index in [0.29, 0.717) is 24.2 Å². The Morgan fingerprint density at radius 3 is 2.48 bits per heavy atom. The highest BCUT2D eigenvalue weighted by molar-refractivity contribution is 6.44. The second kappa shape index (κ2) is 7.69. The molecule has 0 aliphatic carbocycles. The summed E-state index contributed by atoms with van der Waals surface area (Å²) in [5.41, 5.74) is 1.06. The molecule has 2 amide bonds. The van der Waals surface area contributed by atoms with Gasteiger partial charge in [-0.3, -0.25) is 0 Å². The fourth-order valence-corrected chi connectivity index (χ4v) is 3.08. The molecule has 0 unspecified atom stereocenters. The van der Waals surface area contributed by atoms with E-state index in [4.69, 9.17) is 27.9 Å². The summed E-state index contributed by atoms with van der Waals surface area (Å²) < 4.78 is 19.4. The highest BCUT2D eigenvalue weighted by atomic mass is 35.5. The van der Waals surface area contributed by atoms with Crippen molar-refractivity contribution in [3.63, 3.8) is 0 Å². The first-order valence-electron chi connectivity index (χ1n) is 7.53. The lowest BCUT2D eigenvalue weighted by Crippen LogP contribution is -2.52. The summed E-state index contributed by atoms with van der Waals surface area (Å²) in [6.45, 7) is 6.46. The first-order chi connectivity index (χ1) is 10.8. The van der Waals surface area contributed by atoms with Gasteiger partial charge in [-0.15, -0.1) is 23.2 Å². The number of aryl methyl sites for hydroxylation is 1. The first kappa shape index (κ1) is 18.3. The van der Waals surface area contributed by atoms with E-state index >= 15 is 0 Å². The van der Waals surface area contributed by atoms with Gasteiger partial charge >= 0.3 is 6.03 Å². The third-order valence-corrected chi connectivity index (χ3v) is 4.30. The summed E-state index contributed by atoms with van der Waals surface area (Å²) in [5, 5.41) is 2.79. The standard InChI is InChI=1S/C16H21Cl2FN2O2/c1-9-4-5-12(6-13(9)19)14(15(17)18)20-16(22)21-7-10(2)23-11(3)8-21/h4-6,10-11,14-15H,7-8H2,1-3H3,(H,20,22)/t10-,11+,14-/m0/s1. The first-order valence-corrected chi connectivity index (χ1v) is 8.40. The normalized spacial score (nSPS) is 23.0. The highest BCUT2D eigenvalue weighted by Gasteiger charge is 2.29. The number of hydrogen-bond acceptors (Lipinski definition) is 2. The maximum atomic E-state index is 13.8. The number of benzene rings is 1. The Labute approximate surface area is 145 Å². The summed E-state index contributed by atoms with van der Waals surface area (Å²) in [4.78, 5) is 13.2. The second-order valence-corrected chi connectivity index (χ2v) is 7.10. The number of urea groups is 1. The molecule has 0 radical (unpaired) electrons. The number of halogens is 3. The van der Waals surface area contributed by atoms with Gasteiger partial charge in [0.15, 0.2) is 0 Å². The van der Waals surface area contributed by atoms with Crippen molar-refractivity contribution < 1.29 is 13.9 Å². The molecule has 7 heteroatoms. The van der Waals surface area contributed by atoms with E-state index in [1.807, 2.05) is 13.8 Å². The van der Waals surface area contributed by atoms with Crippen molar-refractivity contribution in [2.24, 2.45) is 0 Å². The van der Waals surface area contributed by atoms with Gasteiger partial charge in [0.25, 0.3) is 0 Å². The minimum absolute atomic E-state index is 0.0393. The van der Waals surface area contributed by atoms with Gasteiger partial charge in [-0.2, -0.15) is 0 Å². The SMILES string of the molecule is Cc1ccc([C@H](NC(=O)N2C[C@@H](C)O[C@@H](C)C2)C(Cl)Cl)cc1F. The Kier molecular flexibility index (Phi) is 6.12. The minimum atomic E-state index is -0.892. The summed E-state index contributed by atoms with van der Waals surface area (Å²) in [6, 6.07) is 3.73. The van der Waals surface area contributed by atoms with Gasteiger partial charge < -0.3 is 15.0 Å². The predicted molar refractivity (Wildman–Crippen MR) is 89.5 cm³/mol. The van der Waals surface area contributed by atoms with Gasteiger partial charge in [0.1, 0.15) is 10.7 Å². The molecule has 0 aromatic heterocycles. The van der Waals surface area contributed by atoms with Crippen LogP contribution in [0.3, 0.4) is 0 Å². The van der Waals surface area contributed by atoms with Crippen molar-refractivity contribution in [2.45, 2.75) is 43.9 Å². The van der Waals surface area contributed by atoms with Gasteiger partial charge in [0.2, 0.25) is 0 Å². The fraction of sp³-hybridized carbons (Fsp3) is 0.562. The molecular weight excluding hydrogens is 342 g/mol. The Morgan fingerprint density at radius 1 is 1.35 bits per heavy atom. The number of nitrogens with one attached hydrogen (secondary N) is 1. The Bertz CT molecular complexity index is 561. The van der Waals surface area contributed by atoms with Crippen molar-refractivity contribution in [2.75, 3.05) is 13.1 Å². The van der Waals surface area contributed by atoms with Crippen LogP contribution >= 0.6 is 23.2 Å². The zero-order valence-corrected chi connectivity index (χ0v) is 14.9. The number of rotatable bonds is 3. The molecule has 128 valence electrons. The van der Waals surface area contributed by atoms with Crippen LogP contribution in [0.1, 0.15) is 31.0 Å². The lowest BCUT2D eigenvalue weighted by molar-refractivity contribution is -0.0547. The van der Waals surface area contributed by atoms with Crippen LogP contribution in [-0.2, 0) is 4.74 Å². The molecule has 1 saturated heterocycles. The minimum Gasteiger partial charge on any atom is -0.372 e. The highest BCUT2D eigenvalue weighted by Crippen LogP contribution is 2.26. The number of hydrogen-bond donors (Lipinski definition) is 1. The van der Waals surface area contributed by atoms with E-state index in [9.17, 15) is 9.18 Å². The van der Waals surface area contributed by atoms with Crippen LogP contribution in [0.4, 0.5) is 9.18 Å². The van der Waals surface area contributed by atoms with Crippen LogP contribution in [0.2, 0.25) is 0 Å². The fourth-order valence-electron chi connectivity index (χ4n) is 2.66. The van der Waals surface area contributed by atoms with Crippen LogP contribution < -0.4 is 5.32 Å². The molecule has 3 atom stereocenters. The van der Waals surface area contributed by atoms with Crippen LogP contribution in [0, 0.1) is 12.7 Å². The number of carbonyl (C=O) groups is 1. The van der Waals surface area contributed by atoms with Crippen LogP contribution in [0.15, 0.2) is 18.2 Å². The molecule has 1 N–H and O–H groups in total. The molecule has 2 rings (SSSR count). The van der Waals surface area contributed by atoms with Gasteiger partial charge in [-0.05, 0) is 38.0 Å². The summed E-state index contributed by atoms with van der Waals surface area (Å²) in [6.07, 6.45) is -0.0786. The van der Waals surface area contributed by atoms with Gasteiger partial charge in [-0.1, -0.05) is 12.1 Å². The van der Waals surface area contributed by atoms with E-state index in [1.165, 1.54) is 6.07 Å². The maximum absolute atomic E-state index is 13.8. The number of carbonyl (C=O) groups excluding carboxylic acids is 1. The van der Waals surface area contributed by atoms with Gasteiger partial charge in [0, 0.05) is 13.1 Å². The molecule has 23 heavy (non-hydrogen) atoms. The number of amides is 2. The van der Waals surface area contributed by atoms with Crippen LogP contribution in [0.25, 0.3) is 0 Å². The quantitative estimate of drug-likeness (QED) is 0.830. The molecule has 4 nitrogen and oxygen atoms in total. The molecule has 1 aromatic carbocycles. The Morgan fingerprint density at radius 2 is 1.96 bits per heavy atom. The molecule has 1 aliphatic rings. The Balaban J connectivity index is 2.12. The lowest BCUT2D eigenvalue weighted by Gasteiger charge is -2.36. The zero-order valence-electron chi connectivity index (χ0n) is 13.4. The van der Waals surface area contributed by atoms with Crippen molar-refractivity contribution in [1.29, 1.82) is 0 Å². The average Bonchev–Trinajstić information content (AvgIpc) is 2.46. The Hall–Kier alpha value is -1.04. The largest absolute Gasteiger partial charge is 0.372 e. The number of alkyl halides is 2. The summed E-state index contributed by atoms with van der Waals surface area (Å²) in [5.74, 6) is -0.357. The van der Waals surface area contributed by atoms with Crippen molar-refractivity contribution in [3.8, 4) is 0 Å². The smallest absolute Gasteiger partial charge is 0.318 e. The average molecular weight is 363 g/mol. The molecular formula is C16H21Cl2FN2O2. The number of nitrogens with zero attached hydrogens (tertiary/aromatic N) is 1. The van der Waals surface area contributed by atoms with Crippen molar-refractivity contribution in [1.82, 2.24) is 10.2 Å². The van der Waals surface area contributed by atoms with Gasteiger partial charge in [0.05, 0.1) is 18.2 Å². The maximum Gasteiger partial charge on any atom is 0.318 e. The van der Waals surface area contributed by atoms with E-state index in [0.717, 1.165) is 0 Å². The lowest BCUT2D eigenvalue weighted by atomic mass is 10.1.